The van der Waals surface area contributed by atoms with Gasteiger partial charge in [-0.15, -0.1) is 0 Å². The first-order valence-electron chi connectivity index (χ1n) is 6.35. The average molecular weight is 213 g/mol. The third-order valence-corrected chi connectivity index (χ3v) is 3.61. The molecular weight excluding hydrogens is 186 g/mol. The van der Waals surface area contributed by atoms with Gasteiger partial charge >= 0.3 is 0 Å². The van der Waals surface area contributed by atoms with Crippen LogP contribution in [0.4, 0.5) is 0 Å². The van der Waals surface area contributed by atoms with Crippen molar-refractivity contribution in [2.75, 3.05) is 13.2 Å². The van der Waals surface area contributed by atoms with Gasteiger partial charge in [0.2, 0.25) is 0 Å². The summed E-state index contributed by atoms with van der Waals surface area (Å²) in [7, 11) is 0. The van der Waals surface area contributed by atoms with Crippen LogP contribution in [0.1, 0.15) is 52.9 Å². The Labute approximate surface area is 94.6 Å². The normalized spacial score (nSPS) is 24.4. The lowest BCUT2D eigenvalue weighted by atomic mass is 9.78. The van der Waals surface area contributed by atoms with Crippen LogP contribution in [-0.4, -0.2) is 19.3 Å². The molecule has 0 bridgehead atoms. The lowest BCUT2D eigenvalue weighted by Gasteiger charge is -2.29. The van der Waals surface area contributed by atoms with E-state index in [0.717, 1.165) is 13.2 Å². The van der Waals surface area contributed by atoms with Gasteiger partial charge in [-0.05, 0) is 43.6 Å². The van der Waals surface area contributed by atoms with Crippen LogP contribution in [0.25, 0.3) is 0 Å². The molecule has 1 aliphatic heterocycles. The molecule has 2 unspecified atom stereocenters. The molecule has 0 aromatic carbocycles. The Morgan fingerprint density at radius 3 is 2.60 bits per heavy atom. The van der Waals surface area contributed by atoms with E-state index >= 15 is 0 Å². The fraction of sp³-hybridized carbons (Fsp3) is 1.00. The van der Waals surface area contributed by atoms with Crippen molar-refractivity contribution in [2.24, 2.45) is 17.1 Å². The van der Waals surface area contributed by atoms with E-state index < -0.39 is 0 Å². The van der Waals surface area contributed by atoms with E-state index in [-0.39, 0.29) is 0 Å². The zero-order valence-electron chi connectivity index (χ0n) is 10.6. The predicted octanol–water partition coefficient (Wildman–Crippen LogP) is 2.96. The van der Waals surface area contributed by atoms with Gasteiger partial charge < -0.3 is 10.5 Å². The van der Waals surface area contributed by atoms with Gasteiger partial charge in [-0.3, -0.25) is 0 Å². The van der Waals surface area contributed by atoms with Crippen LogP contribution in [0.2, 0.25) is 0 Å². The molecule has 1 rings (SSSR count). The molecule has 90 valence electrons. The van der Waals surface area contributed by atoms with Gasteiger partial charge in [0.05, 0.1) is 6.10 Å². The van der Waals surface area contributed by atoms with E-state index in [4.69, 9.17) is 10.5 Å². The molecular formula is C13H27NO. The summed E-state index contributed by atoms with van der Waals surface area (Å²) in [5.41, 5.74) is 6.17. The molecule has 1 aliphatic rings. The maximum absolute atomic E-state index is 5.82. The first kappa shape index (κ1) is 13.0. The number of hydrogen-bond acceptors (Lipinski definition) is 2. The monoisotopic (exact) mass is 213 g/mol. The Hall–Kier alpha value is -0.0800. The molecule has 0 radical (unpaired) electrons. The second-order valence-electron chi connectivity index (χ2n) is 5.86. The molecule has 2 atom stereocenters. The van der Waals surface area contributed by atoms with Crippen LogP contribution in [0.5, 0.6) is 0 Å². The Bertz CT molecular complexity index is 168. The van der Waals surface area contributed by atoms with E-state index in [9.17, 15) is 0 Å². The minimum atomic E-state index is 0.352. The molecule has 1 heterocycles. The summed E-state index contributed by atoms with van der Waals surface area (Å²) < 4.78 is 5.62. The topological polar surface area (TPSA) is 35.2 Å². The van der Waals surface area contributed by atoms with Crippen molar-refractivity contribution in [3.63, 3.8) is 0 Å². The maximum atomic E-state index is 5.82. The minimum absolute atomic E-state index is 0.352. The highest BCUT2D eigenvalue weighted by atomic mass is 16.5. The third-order valence-electron chi connectivity index (χ3n) is 3.61. The van der Waals surface area contributed by atoms with Crippen molar-refractivity contribution in [1.82, 2.24) is 0 Å². The largest absolute Gasteiger partial charge is 0.378 e. The lowest BCUT2D eigenvalue weighted by Crippen LogP contribution is -2.28. The van der Waals surface area contributed by atoms with Crippen molar-refractivity contribution in [3.8, 4) is 0 Å². The molecule has 0 aliphatic carbocycles. The second-order valence-corrected chi connectivity index (χ2v) is 5.86. The van der Waals surface area contributed by atoms with Crippen LogP contribution < -0.4 is 5.73 Å². The van der Waals surface area contributed by atoms with Crippen LogP contribution in [0, 0.1) is 11.3 Å². The quantitative estimate of drug-likeness (QED) is 0.762. The number of rotatable bonds is 5. The molecule has 0 aromatic rings. The van der Waals surface area contributed by atoms with Crippen LogP contribution in [0.15, 0.2) is 0 Å². The fourth-order valence-electron chi connectivity index (χ4n) is 2.37. The Morgan fingerprint density at radius 1 is 1.40 bits per heavy atom. The van der Waals surface area contributed by atoms with Crippen molar-refractivity contribution in [2.45, 2.75) is 59.0 Å². The van der Waals surface area contributed by atoms with Crippen LogP contribution in [0.3, 0.4) is 0 Å². The molecule has 2 heteroatoms. The van der Waals surface area contributed by atoms with Crippen LogP contribution in [-0.2, 0) is 4.74 Å². The van der Waals surface area contributed by atoms with Crippen molar-refractivity contribution < 1.29 is 4.74 Å². The van der Waals surface area contributed by atoms with Gasteiger partial charge in [0, 0.05) is 6.61 Å². The Kier molecular flexibility index (Phi) is 5.07. The standard InChI is InChI=1S/C13H27NO/c1-13(2,3)11(10-14)6-4-7-12-8-5-9-15-12/h11-12H,4-10,14H2,1-3H3. The van der Waals surface area contributed by atoms with Gasteiger partial charge in [-0.2, -0.15) is 0 Å². The maximum Gasteiger partial charge on any atom is 0.0576 e. The van der Waals surface area contributed by atoms with Crippen molar-refractivity contribution >= 4 is 0 Å². The SMILES string of the molecule is CC(C)(C)C(CN)CCCC1CCCO1. The summed E-state index contributed by atoms with van der Waals surface area (Å²) in [6.07, 6.45) is 6.81. The summed E-state index contributed by atoms with van der Waals surface area (Å²) in [5, 5.41) is 0. The van der Waals surface area contributed by atoms with Gasteiger partial charge in [0.15, 0.2) is 0 Å². The number of hydrogen-bond donors (Lipinski definition) is 1. The molecule has 1 fully saturated rings. The van der Waals surface area contributed by atoms with E-state index in [1.807, 2.05) is 0 Å². The highest BCUT2D eigenvalue weighted by molar-refractivity contribution is 4.75. The van der Waals surface area contributed by atoms with Crippen molar-refractivity contribution in [3.05, 3.63) is 0 Å². The summed E-state index contributed by atoms with van der Waals surface area (Å²) in [5.74, 6) is 0.652. The molecule has 0 amide bonds. The molecule has 0 spiro atoms. The van der Waals surface area contributed by atoms with Gasteiger partial charge in [0.25, 0.3) is 0 Å². The van der Waals surface area contributed by atoms with Crippen molar-refractivity contribution in [1.29, 1.82) is 0 Å². The Balaban J connectivity index is 2.16. The number of ether oxygens (including phenoxy) is 1. The average Bonchev–Trinajstić information content (AvgIpc) is 2.62. The zero-order valence-corrected chi connectivity index (χ0v) is 10.6. The predicted molar refractivity (Wildman–Crippen MR) is 64.8 cm³/mol. The molecule has 2 N–H and O–H groups in total. The third kappa shape index (κ3) is 4.52. The van der Waals surface area contributed by atoms with E-state index in [2.05, 4.69) is 20.8 Å². The first-order chi connectivity index (χ1) is 7.04. The van der Waals surface area contributed by atoms with E-state index in [1.165, 1.54) is 32.1 Å². The highest BCUT2D eigenvalue weighted by Gasteiger charge is 2.23. The smallest absolute Gasteiger partial charge is 0.0576 e. The summed E-state index contributed by atoms with van der Waals surface area (Å²) in [6, 6.07) is 0. The summed E-state index contributed by atoms with van der Waals surface area (Å²) in [6.45, 7) is 8.66. The molecule has 0 saturated carbocycles. The zero-order chi connectivity index (χ0) is 11.3. The Morgan fingerprint density at radius 2 is 2.13 bits per heavy atom. The second kappa shape index (κ2) is 5.86. The van der Waals surface area contributed by atoms with Gasteiger partial charge in [0.1, 0.15) is 0 Å². The first-order valence-corrected chi connectivity index (χ1v) is 6.35. The molecule has 0 aromatic heterocycles. The molecule has 15 heavy (non-hydrogen) atoms. The van der Waals surface area contributed by atoms with Gasteiger partial charge in [-0.25, -0.2) is 0 Å². The van der Waals surface area contributed by atoms with E-state index in [1.54, 1.807) is 0 Å². The number of nitrogens with two attached hydrogens (primary N) is 1. The molecule has 1 saturated heterocycles. The van der Waals surface area contributed by atoms with Gasteiger partial charge in [-0.1, -0.05) is 27.2 Å². The fourth-order valence-corrected chi connectivity index (χ4v) is 2.37. The van der Waals surface area contributed by atoms with E-state index in [0.29, 0.717) is 17.4 Å². The lowest BCUT2D eigenvalue weighted by molar-refractivity contribution is 0.0980. The minimum Gasteiger partial charge on any atom is -0.378 e. The summed E-state index contributed by atoms with van der Waals surface area (Å²) in [4.78, 5) is 0. The summed E-state index contributed by atoms with van der Waals surface area (Å²) >= 11 is 0. The molecule has 2 nitrogen and oxygen atoms in total. The van der Waals surface area contributed by atoms with Crippen LogP contribution >= 0.6 is 0 Å². The highest BCUT2D eigenvalue weighted by Crippen LogP contribution is 2.30.